The van der Waals surface area contributed by atoms with Crippen molar-refractivity contribution < 1.29 is 28.5 Å². The summed E-state index contributed by atoms with van der Waals surface area (Å²) in [5.74, 6) is 2.46. The second kappa shape index (κ2) is 13.7. The Hall–Kier alpha value is -4.58. The zero-order valence-electron chi connectivity index (χ0n) is 22.3. The van der Waals surface area contributed by atoms with E-state index < -0.39 is 0 Å². The molecule has 0 aliphatic carbocycles. The number of rotatable bonds is 7. The molecule has 0 N–H and O–H groups in total. The van der Waals surface area contributed by atoms with Crippen molar-refractivity contribution in [3.05, 3.63) is 108 Å². The number of hydrogen-bond donors (Lipinski definition) is 0. The van der Waals surface area contributed by atoms with Crippen LogP contribution in [0.25, 0.3) is 11.1 Å². The highest BCUT2D eigenvalue weighted by molar-refractivity contribution is 5.70. The van der Waals surface area contributed by atoms with Gasteiger partial charge in [0.15, 0.2) is 0 Å². The first-order valence-corrected chi connectivity index (χ1v) is 12.1. The molecular weight excluding hydrogens is 480 g/mol. The van der Waals surface area contributed by atoms with Gasteiger partial charge < -0.3 is 18.9 Å². The Morgan fingerprint density at radius 1 is 0.500 bits per heavy atom. The second-order valence-electron chi connectivity index (χ2n) is 8.50. The molecule has 4 rings (SSSR count). The number of carbonyl (C=O) groups is 2. The van der Waals surface area contributed by atoms with Crippen LogP contribution in [0.2, 0.25) is 0 Å². The molecule has 6 nitrogen and oxygen atoms in total. The largest absolute Gasteiger partial charge is 0.497 e. The number of carbonyl (C=O) groups excluding carboxylic acids is 2. The van der Waals surface area contributed by atoms with Gasteiger partial charge in [0.25, 0.3) is 0 Å². The molecule has 0 spiro atoms. The van der Waals surface area contributed by atoms with Crippen LogP contribution in [-0.4, -0.2) is 26.2 Å². The summed E-state index contributed by atoms with van der Waals surface area (Å²) < 4.78 is 20.3. The summed E-state index contributed by atoms with van der Waals surface area (Å²) >= 11 is 0. The Morgan fingerprint density at radius 2 is 0.789 bits per heavy atom. The van der Waals surface area contributed by atoms with Crippen molar-refractivity contribution >= 4 is 11.9 Å². The molecule has 0 fully saturated rings. The molecule has 0 heterocycles. The fraction of sp³-hybridized carbons (Fsp3) is 0.188. The van der Waals surface area contributed by atoms with E-state index in [1.807, 2.05) is 72.8 Å². The summed E-state index contributed by atoms with van der Waals surface area (Å²) in [5.41, 5.74) is 4.54. The van der Waals surface area contributed by atoms with Crippen molar-refractivity contribution in [3.63, 3.8) is 0 Å². The fourth-order valence-electron chi connectivity index (χ4n) is 3.74. The highest BCUT2D eigenvalue weighted by atomic mass is 16.5. The number of ether oxygens (including phenoxy) is 4. The summed E-state index contributed by atoms with van der Waals surface area (Å²) in [4.78, 5) is 21.7. The number of esters is 2. The Morgan fingerprint density at radius 3 is 1.11 bits per heavy atom. The van der Waals surface area contributed by atoms with Crippen LogP contribution in [-0.2, 0) is 9.59 Å². The molecule has 0 aromatic heterocycles. The van der Waals surface area contributed by atoms with Gasteiger partial charge in [-0.3, -0.25) is 9.59 Å². The number of hydrogen-bond acceptors (Lipinski definition) is 6. The van der Waals surface area contributed by atoms with Gasteiger partial charge in [0.2, 0.25) is 0 Å². The predicted octanol–water partition coefficient (Wildman–Crippen LogP) is 7.06. The van der Waals surface area contributed by atoms with Gasteiger partial charge in [0.1, 0.15) is 23.0 Å². The summed E-state index contributed by atoms with van der Waals surface area (Å²) in [7, 11) is 3.30. The molecule has 0 saturated heterocycles. The van der Waals surface area contributed by atoms with Crippen molar-refractivity contribution in [1.82, 2.24) is 0 Å². The molecular formula is C32H32O6. The minimum Gasteiger partial charge on any atom is -0.497 e. The topological polar surface area (TPSA) is 71.1 Å². The summed E-state index contributed by atoms with van der Waals surface area (Å²) in [6, 6.07) is 30.8. The Kier molecular flexibility index (Phi) is 10.1. The molecule has 4 aromatic carbocycles. The highest BCUT2D eigenvalue weighted by Gasteiger charge is 2.09. The van der Waals surface area contributed by atoms with E-state index >= 15 is 0 Å². The third kappa shape index (κ3) is 8.23. The highest BCUT2D eigenvalue weighted by Crippen LogP contribution is 2.27. The van der Waals surface area contributed by atoms with Crippen LogP contribution in [0.5, 0.6) is 23.0 Å². The van der Waals surface area contributed by atoms with Crippen molar-refractivity contribution in [2.24, 2.45) is 0 Å². The number of benzene rings is 4. The van der Waals surface area contributed by atoms with Crippen LogP contribution in [0.4, 0.5) is 0 Å². The Bertz CT molecular complexity index is 1310. The van der Waals surface area contributed by atoms with Crippen LogP contribution in [0, 0.1) is 0 Å². The molecule has 1 unspecified atom stereocenters. The molecule has 38 heavy (non-hydrogen) atoms. The SMILES string of the molecule is COc1ccc(-c2ccc(OC(C)=O)cc2)cc1.COc1ccc(C(C)c2ccc(OC(C)=O)cc2)cc1. The fourth-order valence-corrected chi connectivity index (χ4v) is 3.74. The standard InChI is InChI=1S/C17H18O3.C15H14O3/c1-12(14-4-8-16(19-3)9-5-14)15-6-10-17(11-7-15)20-13(2)18;1-11(16)18-15-9-5-13(6-10-15)12-3-7-14(17-2)8-4-12/h4-12H,1-3H3;3-10H,1-2H3. The predicted molar refractivity (Wildman–Crippen MR) is 148 cm³/mol. The molecule has 196 valence electrons. The summed E-state index contributed by atoms with van der Waals surface area (Å²) in [6.45, 7) is 4.92. The van der Waals surface area contributed by atoms with E-state index in [1.165, 1.54) is 25.0 Å². The molecule has 4 aromatic rings. The van der Waals surface area contributed by atoms with Gasteiger partial charge in [-0.05, 0) is 70.8 Å². The monoisotopic (exact) mass is 512 g/mol. The summed E-state index contributed by atoms with van der Waals surface area (Å²) in [5, 5.41) is 0. The van der Waals surface area contributed by atoms with Gasteiger partial charge in [-0.25, -0.2) is 0 Å². The molecule has 1 atom stereocenters. The third-order valence-corrected chi connectivity index (χ3v) is 5.80. The van der Waals surface area contributed by atoms with Gasteiger partial charge in [-0.15, -0.1) is 0 Å². The Labute approximate surface area is 223 Å². The van der Waals surface area contributed by atoms with Gasteiger partial charge >= 0.3 is 11.9 Å². The first-order valence-electron chi connectivity index (χ1n) is 12.1. The average Bonchev–Trinajstić information content (AvgIpc) is 2.93. The van der Waals surface area contributed by atoms with E-state index in [0.29, 0.717) is 11.5 Å². The first kappa shape index (κ1) is 28.0. The molecule has 0 radical (unpaired) electrons. The lowest BCUT2D eigenvalue weighted by Crippen LogP contribution is -2.02. The lowest BCUT2D eigenvalue weighted by atomic mass is 9.93. The maximum atomic E-state index is 10.9. The van der Waals surface area contributed by atoms with Crippen molar-refractivity contribution in [2.75, 3.05) is 14.2 Å². The van der Waals surface area contributed by atoms with Crippen LogP contribution >= 0.6 is 0 Å². The second-order valence-corrected chi connectivity index (χ2v) is 8.50. The van der Waals surface area contributed by atoms with E-state index in [1.54, 1.807) is 26.4 Å². The van der Waals surface area contributed by atoms with Gasteiger partial charge in [-0.1, -0.05) is 55.5 Å². The molecule has 0 aliphatic heterocycles. The van der Waals surface area contributed by atoms with Gasteiger partial charge in [0.05, 0.1) is 14.2 Å². The van der Waals surface area contributed by atoms with E-state index in [0.717, 1.165) is 22.6 Å². The van der Waals surface area contributed by atoms with E-state index in [4.69, 9.17) is 18.9 Å². The third-order valence-electron chi connectivity index (χ3n) is 5.80. The van der Waals surface area contributed by atoms with Gasteiger partial charge in [0, 0.05) is 19.8 Å². The smallest absolute Gasteiger partial charge is 0.308 e. The molecule has 0 amide bonds. The molecule has 6 heteroatoms. The van der Waals surface area contributed by atoms with Crippen molar-refractivity contribution in [1.29, 1.82) is 0 Å². The maximum Gasteiger partial charge on any atom is 0.308 e. The number of methoxy groups -OCH3 is 2. The minimum absolute atomic E-state index is 0.271. The molecule has 0 bridgehead atoms. The lowest BCUT2D eigenvalue weighted by molar-refractivity contribution is -0.132. The lowest BCUT2D eigenvalue weighted by Gasteiger charge is -2.13. The van der Waals surface area contributed by atoms with E-state index in [2.05, 4.69) is 19.1 Å². The van der Waals surface area contributed by atoms with Crippen LogP contribution in [0.1, 0.15) is 37.8 Å². The minimum atomic E-state index is -0.313. The quantitative estimate of drug-likeness (QED) is 0.195. The van der Waals surface area contributed by atoms with E-state index in [9.17, 15) is 9.59 Å². The van der Waals surface area contributed by atoms with Crippen molar-refractivity contribution in [2.45, 2.75) is 26.7 Å². The first-order chi connectivity index (χ1) is 18.3. The zero-order valence-corrected chi connectivity index (χ0v) is 22.3. The van der Waals surface area contributed by atoms with Crippen LogP contribution in [0.15, 0.2) is 97.1 Å². The van der Waals surface area contributed by atoms with Crippen molar-refractivity contribution in [3.8, 4) is 34.1 Å². The molecule has 0 saturated carbocycles. The maximum absolute atomic E-state index is 10.9. The average molecular weight is 513 g/mol. The summed E-state index contributed by atoms with van der Waals surface area (Å²) in [6.07, 6.45) is 0. The van der Waals surface area contributed by atoms with E-state index in [-0.39, 0.29) is 17.9 Å². The molecule has 0 aliphatic rings. The Balaban J connectivity index is 0.000000212. The zero-order chi connectivity index (χ0) is 27.5. The van der Waals surface area contributed by atoms with Crippen LogP contribution in [0.3, 0.4) is 0 Å². The van der Waals surface area contributed by atoms with Gasteiger partial charge in [-0.2, -0.15) is 0 Å². The van der Waals surface area contributed by atoms with Crippen LogP contribution < -0.4 is 18.9 Å². The normalized spacial score (nSPS) is 10.9.